The predicted molar refractivity (Wildman–Crippen MR) is 107 cm³/mol. The fraction of sp³-hybridized carbons (Fsp3) is 0.708. The van der Waals surface area contributed by atoms with Gasteiger partial charge in [-0.1, -0.05) is 58.3 Å². The van der Waals surface area contributed by atoms with Crippen LogP contribution in [-0.2, 0) is 4.79 Å². The molecule has 1 aromatic carbocycles. The number of carbonyl (C=O) groups excluding carboxylic acids is 1. The molecule has 0 radical (unpaired) electrons. The molecule has 2 saturated carbocycles. The van der Waals surface area contributed by atoms with Crippen molar-refractivity contribution in [3.8, 4) is 5.75 Å². The predicted octanol–water partition coefficient (Wildman–Crippen LogP) is 6.92. The molecule has 0 amide bonds. The third kappa shape index (κ3) is 6.33. The van der Waals surface area contributed by atoms with Crippen LogP contribution in [0.5, 0.6) is 5.75 Å². The maximum absolute atomic E-state index is 12.9. The van der Waals surface area contributed by atoms with Crippen molar-refractivity contribution < 1.29 is 13.9 Å². The van der Waals surface area contributed by atoms with Crippen LogP contribution in [0.15, 0.2) is 24.3 Å². The highest BCUT2D eigenvalue weighted by Crippen LogP contribution is 2.37. The minimum absolute atomic E-state index is 0.00999. The van der Waals surface area contributed by atoms with Crippen molar-refractivity contribution in [2.24, 2.45) is 23.7 Å². The van der Waals surface area contributed by atoms with Crippen LogP contribution in [0.4, 0.5) is 4.39 Å². The zero-order valence-electron chi connectivity index (χ0n) is 16.8. The molecule has 2 aliphatic rings. The first-order chi connectivity index (χ1) is 13.1. The normalized spacial score (nSPS) is 28.7. The second kappa shape index (κ2) is 10.2. The number of benzene rings is 1. The van der Waals surface area contributed by atoms with Crippen LogP contribution in [0.3, 0.4) is 0 Å². The summed E-state index contributed by atoms with van der Waals surface area (Å²) >= 11 is 0. The van der Waals surface area contributed by atoms with E-state index in [1.54, 1.807) is 0 Å². The molecule has 0 unspecified atom stereocenters. The zero-order chi connectivity index (χ0) is 19.1. The molecule has 0 atom stereocenters. The highest BCUT2D eigenvalue weighted by molar-refractivity contribution is 5.75. The topological polar surface area (TPSA) is 26.3 Å². The van der Waals surface area contributed by atoms with Crippen molar-refractivity contribution in [3.63, 3.8) is 0 Å². The van der Waals surface area contributed by atoms with E-state index in [-0.39, 0.29) is 17.7 Å². The molecule has 0 spiro atoms. The van der Waals surface area contributed by atoms with E-state index in [2.05, 4.69) is 6.92 Å². The summed E-state index contributed by atoms with van der Waals surface area (Å²) in [6, 6.07) is 5.70. The van der Waals surface area contributed by atoms with Crippen LogP contribution >= 0.6 is 0 Å². The maximum atomic E-state index is 12.9. The number of halogens is 1. The van der Waals surface area contributed by atoms with Crippen molar-refractivity contribution in [1.29, 1.82) is 0 Å². The number of hydrogen-bond donors (Lipinski definition) is 0. The molecule has 3 heteroatoms. The Morgan fingerprint density at radius 1 is 0.852 bits per heavy atom. The van der Waals surface area contributed by atoms with Gasteiger partial charge in [0.05, 0.1) is 5.92 Å². The van der Waals surface area contributed by atoms with Gasteiger partial charge in [-0.25, -0.2) is 4.39 Å². The Bertz CT molecular complexity index is 567. The Morgan fingerprint density at radius 3 is 1.85 bits per heavy atom. The molecule has 1 aromatic rings. The molecule has 0 bridgehead atoms. The largest absolute Gasteiger partial charge is 0.426 e. The van der Waals surface area contributed by atoms with Crippen LogP contribution in [0, 0.1) is 29.5 Å². The molecular weight excluding hydrogens is 339 g/mol. The van der Waals surface area contributed by atoms with E-state index in [1.165, 1.54) is 75.6 Å². The van der Waals surface area contributed by atoms with Crippen LogP contribution in [0.25, 0.3) is 0 Å². The summed E-state index contributed by atoms with van der Waals surface area (Å²) < 4.78 is 18.4. The van der Waals surface area contributed by atoms with Gasteiger partial charge in [0, 0.05) is 0 Å². The molecule has 150 valence electrons. The summed E-state index contributed by atoms with van der Waals surface area (Å²) in [5.74, 6) is 2.72. The van der Waals surface area contributed by atoms with Gasteiger partial charge < -0.3 is 4.74 Å². The number of ether oxygens (including phenoxy) is 1. The lowest BCUT2D eigenvalue weighted by molar-refractivity contribution is -0.140. The number of esters is 1. The first-order valence-electron chi connectivity index (χ1n) is 11.1. The first kappa shape index (κ1) is 20.4. The van der Waals surface area contributed by atoms with Gasteiger partial charge in [0.2, 0.25) is 0 Å². The van der Waals surface area contributed by atoms with Gasteiger partial charge >= 0.3 is 5.97 Å². The second-order valence-corrected chi connectivity index (χ2v) is 8.85. The van der Waals surface area contributed by atoms with Gasteiger partial charge in [0.25, 0.3) is 0 Å². The van der Waals surface area contributed by atoms with E-state index in [0.29, 0.717) is 5.75 Å². The van der Waals surface area contributed by atoms with Crippen LogP contribution in [-0.4, -0.2) is 5.97 Å². The van der Waals surface area contributed by atoms with Crippen molar-refractivity contribution in [2.75, 3.05) is 0 Å². The summed E-state index contributed by atoms with van der Waals surface area (Å²) in [5, 5.41) is 0. The van der Waals surface area contributed by atoms with E-state index < -0.39 is 0 Å². The number of rotatable bonds is 7. The maximum Gasteiger partial charge on any atom is 0.314 e. The average Bonchev–Trinajstić information content (AvgIpc) is 2.70. The van der Waals surface area contributed by atoms with E-state index in [9.17, 15) is 9.18 Å². The van der Waals surface area contributed by atoms with Gasteiger partial charge in [-0.15, -0.1) is 0 Å². The van der Waals surface area contributed by atoms with E-state index in [4.69, 9.17) is 4.74 Å². The van der Waals surface area contributed by atoms with E-state index in [1.807, 2.05) is 0 Å². The van der Waals surface area contributed by atoms with Crippen LogP contribution in [0.1, 0.15) is 84.0 Å². The lowest BCUT2D eigenvalue weighted by Crippen LogP contribution is -2.26. The highest BCUT2D eigenvalue weighted by atomic mass is 19.1. The molecule has 0 aromatic heterocycles. The Kier molecular flexibility index (Phi) is 7.72. The minimum atomic E-state index is -0.311. The summed E-state index contributed by atoms with van der Waals surface area (Å²) in [5.41, 5.74) is 0. The van der Waals surface area contributed by atoms with Crippen molar-refractivity contribution in [3.05, 3.63) is 30.1 Å². The molecule has 0 N–H and O–H groups in total. The van der Waals surface area contributed by atoms with E-state index >= 15 is 0 Å². The summed E-state index contributed by atoms with van der Waals surface area (Å²) in [4.78, 5) is 12.3. The summed E-state index contributed by atoms with van der Waals surface area (Å²) in [6.07, 6.45) is 15.4. The number of carbonyl (C=O) groups is 1. The first-order valence-corrected chi connectivity index (χ1v) is 11.1. The van der Waals surface area contributed by atoms with Crippen LogP contribution in [0.2, 0.25) is 0 Å². The van der Waals surface area contributed by atoms with Gasteiger partial charge in [-0.2, -0.15) is 0 Å². The molecule has 2 nitrogen and oxygen atoms in total. The molecule has 2 aliphatic carbocycles. The molecule has 0 heterocycles. The molecule has 0 aliphatic heterocycles. The fourth-order valence-electron chi connectivity index (χ4n) is 5.08. The zero-order valence-corrected chi connectivity index (χ0v) is 16.8. The fourth-order valence-corrected chi connectivity index (χ4v) is 5.08. The number of hydrogen-bond acceptors (Lipinski definition) is 2. The molecule has 27 heavy (non-hydrogen) atoms. The van der Waals surface area contributed by atoms with Crippen molar-refractivity contribution in [2.45, 2.75) is 84.0 Å². The molecular formula is C24H35FO2. The SMILES string of the molecule is CCCC1CCC(CCC2CCC(C(=O)Oc3ccc(F)cc3)CC2)CC1. The Morgan fingerprint density at radius 2 is 1.33 bits per heavy atom. The third-order valence-corrected chi connectivity index (χ3v) is 6.86. The average molecular weight is 375 g/mol. The van der Waals surface area contributed by atoms with Gasteiger partial charge in [0.15, 0.2) is 0 Å². The second-order valence-electron chi connectivity index (χ2n) is 8.85. The van der Waals surface area contributed by atoms with Gasteiger partial charge in [-0.05, 0) is 67.7 Å². The summed E-state index contributed by atoms with van der Waals surface area (Å²) in [7, 11) is 0. The quantitative estimate of drug-likeness (QED) is 0.382. The Hall–Kier alpha value is -1.38. The molecule has 3 rings (SSSR count). The van der Waals surface area contributed by atoms with Gasteiger partial charge in [0.1, 0.15) is 11.6 Å². The third-order valence-electron chi connectivity index (χ3n) is 6.86. The van der Waals surface area contributed by atoms with Crippen LogP contribution < -0.4 is 4.74 Å². The lowest BCUT2D eigenvalue weighted by atomic mass is 9.75. The highest BCUT2D eigenvalue weighted by Gasteiger charge is 2.28. The molecule has 2 fully saturated rings. The summed E-state index contributed by atoms with van der Waals surface area (Å²) in [6.45, 7) is 2.30. The lowest BCUT2D eigenvalue weighted by Gasteiger charge is -2.31. The smallest absolute Gasteiger partial charge is 0.314 e. The molecule has 0 saturated heterocycles. The van der Waals surface area contributed by atoms with Crippen molar-refractivity contribution in [1.82, 2.24) is 0 Å². The minimum Gasteiger partial charge on any atom is -0.426 e. The van der Waals surface area contributed by atoms with E-state index in [0.717, 1.165) is 43.4 Å². The van der Waals surface area contributed by atoms with Gasteiger partial charge in [-0.3, -0.25) is 4.79 Å². The monoisotopic (exact) mass is 374 g/mol. The Balaban J connectivity index is 1.33. The Labute approximate surface area is 163 Å². The van der Waals surface area contributed by atoms with Crippen molar-refractivity contribution >= 4 is 5.97 Å². The standard InChI is InChI=1S/C24H35FO2/c1-2-3-18-4-6-19(7-5-18)8-9-20-10-12-21(13-11-20)24(26)27-23-16-14-22(25)15-17-23/h14-21H,2-13H2,1H3.